The molecule has 1 amide bonds. The van der Waals surface area contributed by atoms with Gasteiger partial charge < -0.3 is 5.32 Å². The van der Waals surface area contributed by atoms with Gasteiger partial charge in [-0.3, -0.25) is 9.10 Å². The summed E-state index contributed by atoms with van der Waals surface area (Å²) in [5.41, 5.74) is 4.29. The van der Waals surface area contributed by atoms with Gasteiger partial charge in [0.2, 0.25) is 5.91 Å². The Morgan fingerprint density at radius 3 is 2.03 bits per heavy atom. The van der Waals surface area contributed by atoms with E-state index in [1.807, 2.05) is 64.1 Å². The van der Waals surface area contributed by atoms with Gasteiger partial charge in [-0.25, -0.2) is 8.42 Å². The number of nitrogens with one attached hydrogen (secondary N) is 1. The van der Waals surface area contributed by atoms with Crippen molar-refractivity contribution in [2.75, 3.05) is 10.8 Å². The summed E-state index contributed by atoms with van der Waals surface area (Å²) in [6, 6.07) is 21.7. The highest BCUT2D eigenvalue weighted by molar-refractivity contribution is 7.92. The number of nitrogens with zero attached hydrogens (tertiary/aromatic N) is 1. The predicted octanol–water partition coefficient (Wildman–Crippen LogP) is 5.07. The lowest BCUT2D eigenvalue weighted by atomic mass is 10.0. The van der Waals surface area contributed by atoms with Gasteiger partial charge in [-0.2, -0.15) is 0 Å². The van der Waals surface area contributed by atoms with Crippen molar-refractivity contribution in [3.05, 3.63) is 95.1 Å². The zero-order valence-corrected chi connectivity index (χ0v) is 19.8. The molecule has 3 rings (SSSR count). The van der Waals surface area contributed by atoms with E-state index in [1.54, 1.807) is 36.4 Å². The zero-order valence-electron chi connectivity index (χ0n) is 19.0. The Morgan fingerprint density at radius 2 is 1.47 bits per heavy atom. The normalized spacial score (nSPS) is 12.2. The molecule has 168 valence electrons. The summed E-state index contributed by atoms with van der Waals surface area (Å²) in [5, 5.41) is 3.00. The Hall–Kier alpha value is -3.12. The van der Waals surface area contributed by atoms with Gasteiger partial charge in [-0.15, -0.1) is 0 Å². The Morgan fingerprint density at radius 1 is 0.875 bits per heavy atom. The molecule has 1 unspecified atom stereocenters. The van der Waals surface area contributed by atoms with E-state index >= 15 is 0 Å². The van der Waals surface area contributed by atoms with Crippen LogP contribution in [0.4, 0.5) is 5.69 Å². The maximum atomic E-state index is 13.6. The number of amides is 1. The van der Waals surface area contributed by atoms with Crippen molar-refractivity contribution in [2.45, 2.75) is 45.1 Å². The topological polar surface area (TPSA) is 66.5 Å². The molecule has 0 aliphatic heterocycles. The molecule has 0 heterocycles. The predicted molar refractivity (Wildman–Crippen MR) is 129 cm³/mol. The van der Waals surface area contributed by atoms with Crippen LogP contribution in [0, 0.1) is 20.8 Å². The van der Waals surface area contributed by atoms with Crippen LogP contribution in [-0.4, -0.2) is 20.9 Å². The van der Waals surface area contributed by atoms with E-state index in [0.29, 0.717) is 12.1 Å². The number of hydrogen-bond donors (Lipinski definition) is 1. The molecule has 0 spiro atoms. The first-order chi connectivity index (χ1) is 15.2. The number of rotatable bonds is 8. The van der Waals surface area contributed by atoms with Crippen molar-refractivity contribution in [2.24, 2.45) is 0 Å². The third-order valence-electron chi connectivity index (χ3n) is 5.34. The molecular formula is C26H30N2O3S. The molecule has 0 bridgehead atoms. The summed E-state index contributed by atoms with van der Waals surface area (Å²) in [6.45, 7) is 7.41. The van der Waals surface area contributed by atoms with Crippen molar-refractivity contribution >= 4 is 21.6 Å². The van der Waals surface area contributed by atoms with E-state index in [4.69, 9.17) is 0 Å². The molecule has 1 atom stereocenters. The Kier molecular flexibility index (Phi) is 7.36. The van der Waals surface area contributed by atoms with Crippen LogP contribution in [0.2, 0.25) is 0 Å². The fourth-order valence-corrected chi connectivity index (χ4v) is 5.13. The third-order valence-corrected chi connectivity index (χ3v) is 7.12. The minimum absolute atomic E-state index is 0.158. The molecule has 32 heavy (non-hydrogen) atoms. The SMILES string of the molecule is CCC(NC(=O)CN(c1cc(C)cc(C)c1)S(=O)(=O)c1ccc(C)cc1)c1ccccc1. The molecule has 5 nitrogen and oxygen atoms in total. The standard InChI is InChI=1S/C26H30N2O3S/c1-5-25(22-9-7-6-8-10-22)27-26(29)18-28(23-16-20(3)15-21(4)17-23)32(30,31)24-13-11-19(2)12-14-24/h6-17,25H,5,18H2,1-4H3,(H,27,29). The number of carbonyl (C=O) groups excluding carboxylic acids is 1. The van der Waals surface area contributed by atoms with E-state index in [2.05, 4.69) is 5.32 Å². The highest BCUT2D eigenvalue weighted by Gasteiger charge is 2.28. The lowest BCUT2D eigenvalue weighted by molar-refractivity contribution is -0.120. The van der Waals surface area contributed by atoms with Gasteiger partial charge in [-0.05, 0) is 68.1 Å². The van der Waals surface area contributed by atoms with Crippen LogP contribution in [0.25, 0.3) is 0 Å². The number of aryl methyl sites for hydroxylation is 3. The van der Waals surface area contributed by atoms with Gasteiger partial charge in [0.05, 0.1) is 16.6 Å². The second-order valence-corrected chi connectivity index (χ2v) is 9.97. The van der Waals surface area contributed by atoms with Crippen molar-refractivity contribution in [3.8, 4) is 0 Å². The Bertz CT molecular complexity index is 1150. The van der Waals surface area contributed by atoms with E-state index in [0.717, 1.165) is 22.3 Å². The number of hydrogen-bond acceptors (Lipinski definition) is 3. The van der Waals surface area contributed by atoms with E-state index in [9.17, 15) is 13.2 Å². The quantitative estimate of drug-likeness (QED) is 0.521. The van der Waals surface area contributed by atoms with Crippen molar-refractivity contribution in [1.29, 1.82) is 0 Å². The summed E-state index contributed by atoms with van der Waals surface area (Å²) in [6.07, 6.45) is 0.698. The minimum Gasteiger partial charge on any atom is -0.348 e. The van der Waals surface area contributed by atoms with Crippen LogP contribution in [0.15, 0.2) is 77.7 Å². The number of anilines is 1. The highest BCUT2D eigenvalue weighted by Crippen LogP contribution is 2.26. The summed E-state index contributed by atoms with van der Waals surface area (Å²) in [7, 11) is -3.93. The van der Waals surface area contributed by atoms with Gasteiger partial charge in [0.1, 0.15) is 6.54 Å². The Balaban J connectivity index is 1.95. The largest absolute Gasteiger partial charge is 0.348 e. The van der Waals surface area contributed by atoms with Gasteiger partial charge in [-0.1, -0.05) is 61.0 Å². The molecular weight excluding hydrogens is 420 g/mol. The molecule has 0 aliphatic carbocycles. The van der Waals surface area contributed by atoms with Crippen LogP contribution in [-0.2, 0) is 14.8 Å². The first-order valence-electron chi connectivity index (χ1n) is 10.7. The third kappa shape index (κ3) is 5.56. The van der Waals surface area contributed by atoms with Crippen LogP contribution in [0.1, 0.15) is 41.6 Å². The molecule has 6 heteroatoms. The molecule has 1 N–H and O–H groups in total. The van der Waals surface area contributed by atoms with E-state index < -0.39 is 10.0 Å². The lowest BCUT2D eigenvalue weighted by Gasteiger charge is -2.26. The molecule has 0 fully saturated rings. The smallest absolute Gasteiger partial charge is 0.264 e. The molecule has 0 aromatic heterocycles. The average Bonchev–Trinajstić information content (AvgIpc) is 2.76. The summed E-state index contributed by atoms with van der Waals surface area (Å²) < 4.78 is 28.3. The zero-order chi connectivity index (χ0) is 23.3. The van der Waals surface area contributed by atoms with Gasteiger partial charge in [0, 0.05) is 0 Å². The first kappa shape index (κ1) is 23.5. The molecule has 0 radical (unpaired) electrons. The molecule has 0 aliphatic rings. The number of sulfonamides is 1. The summed E-state index contributed by atoms with van der Waals surface area (Å²) in [4.78, 5) is 13.2. The summed E-state index contributed by atoms with van der Waals surface area (Å²) >= 11 is 0. The average molecular weight is 451 g/mol. The lowest BCUT2D eigenvalue weighted by Crippen LogP contribution is -2.42. The molecule has 3 aromatic carbocycles. The molecule has 0 saturated heterocycles. The van der Waals surface area contributed by atoms with Crippen molar-refractivity contribution in [1.82, 2.24) is 5.32 Å². The summed E-state index contributed by atoms with van der Waals surface area (Å²) in [5.74, 6) is -0.351. The Labute approximate surface area is 191 Å². The van der Waals surface area contributed by atoms with Gasteiger partial charge >= 0.3 is 0 Å². The second-order valence-electron chi connectivity index (χ2n) is 8.11. The second kappa shape index (κ2) is 10.0. The van der Waals surface area contributed by atoms with Crippen molar-refractivity contribution < 1.29 is 13.2 Å². The minimum atomic E-state index is -3.93. The van der Waals surface area contributed by atoms with Crippen molar-refractivity contribution in [3.63, 3.8) is 0 Å². The van der Waals surface area contributed by atoms with Crippen LogP contribution >= 0.6 is 0 Å². The number of benzene rings is 3. The fourth-order valence-electron chi connectivity index (χ4n) is 3.72. The highest BCUT2D eigenvalue weighted by atomic mass is 32.2. The van der Waals surface area contributed by atoms with Gasteiger partial charge in [0.15, 0.2) is 0 Å². The van der Waals surface area contributed by atoms with E-state index in [-0.39, 0.29) is 23.4 Å². The fraction of sp³-hybridized carbons (Fsp3) is 0.269. The molecule has 3 aromatic rings. The first-order valence-corrected chi connectivity index (χ1v) is 12.2. The van der Waals surface area contributed by atoms with Gasteiger partial charge in [0.25, 0.3) is 10.0 Å². The maximum absolute atomic E-state index is 13.6. The van der Waals surface area contributed by atoms with Crippen LogP contribution in [0.3, 0.4) is 0 Å². The molecule has 0 saturated carbocycles. The van der Waals surface area contributed by atoms with E-state index in [1.165, 1.54) is 4.31 Å². The number of carbonyl (C=O) groups is 1. The van der Waals surface area contributed by atoms with Crippen LogP contribution < -0.4 is 9.62 Å². The maximum Gasteiger partial charge on any atom is 0.264 e. The monoisotopic (exact) mass is 450 g/mol. The van der Waals surface area contributed by atoms with Crippen LogP contribution in [0.5, 0.6) is 0 Å².